The van der Waals surface area contributed by atoms with Crippen LogP contribution in [0.3, 0.4) is 0 Å². The lowest BCUT2D eigenvalue weighted by atomic mass is 9.96. The Kier molecular flexibility index (Phi) is 10.7. The first-order chi connectivity index (χ1) is 21.4. The molecule has 6 aromatic carbocycles. The molecule has 0 amide bonds. The van der Waals surface area contributed by atoms with Gasteiger partial charge in [-0.05, 0) is 88.0 Å². The first-order valence-electron chi connectivity index (χ1n) is 14.8. The molecule has 0 heterocycles. The molecular weight excluding hydrogens is 573 g/mol. The number of halogens is 3. The number of aliphatic hydroxyl groups excluding tert-OH is 3. The van der Waals surface area contributed by atoms with Crippen molar-refractivity contribution in [2.75, 3.05) is 19.8 Å². The van der Waals surface area contributed by atoms with Crippen molar-refractivity contribution in [2.24, 2.45) is 0 Å². The van der Waals surface area contributed by atoms with Gasteiger partial charge in [-0.1, -0.05) is 109 Å². The molecule has 0 unspecified atom stereocenters. The van der Waals surface area contributed by atoms with Gasteiger partial charge >= 0.3 is 0 Å². The first kappa shape index (κ1) is 33.7. The smallest absolute Gasteiger partial charge is 0.156 e. The molecule has 6 rings (SSSR count). The van der Waals surface area contributed by atoms with Gasteiger partial charge in [0.1, 0.15) is 0 Å². The normalized spacial score (nSPS) is 15.1. The summed E-state index contributed by atoms with van der Waals surface area (Å²) in [6.07, 6.45) is 0. The Balaban J connectivity index is 0.000000154. The second-order valence-corrected chi connectivity index (χ2v) is 11.8. The Labute approximate surface area is 262 Å². The van der Waals surface area contributed by atoms with Gasteiger partial charge in [0, 0.05) is 0 Å². The van der Waals surface area contributed by atoms with Crippen LogP contribution in [-0.2, 0) is 17.0 Å². The second-order valence-electron chi connectivity index (χ2n) is 11.8. The number of benzene rings is 6. The topological polar surface area (TPSA) is 60.7 Å². The molecule has 6 aromatic rings. The second kappa shape index (κ2) is 14.2. The lowest BCUT2D eigenvalue weighted by Crippen LogP contribution is -2.19. The van der Waals surface area contributed by atoms with Gasteiger partial charge in [-0.25, -0.2) is 13.2 Å². The van der Waals surface area contributed by atoms with Gasteiger partial charge in [0.15, 0.2) is 17.0 Å². The molecule has 45 heavy (non-hydrogen) atoms. The van der Waals surface area contributed by atoms with Crippen molar-refractivity contribution in [1.82, 2.24) is 0 Å². The predicted octanol–water partition coefficient (Wildman–Crippen LogP) is 9.05. The maximum Gasteiger partial charge on any atom is 0.156 e. The van der Waals surface area contributed by atoms with E-state index >= 15 is 0 Å². The minimum Gasteiger partial charge on any atom is -0.393 e. The molecule has 0 radical (unpaired) electrons. The average molecular weight is 613 g/mol. The molecule has 0 saturated carbocycles. The summed E-state index contributed by atoms with van der Waals surface area (Å²) in [4.78, 5) is 0. The molecule has 3 atom stereocenters. The summed E-state index contributed by atoms with van der Waals surface area (Å²) in [7, 11) is 0. The molecule has 0 fully saturated rings. The summed E-state index contributed by atoms with van der Waals surface area (Å²) in [5.41, 5.74) is -3.44. The minimum atomic E-state index is -1.66. The van der Waals surface area contributed by atoms with Crippen molar-refractivity contribution in [1.29, 1.82) is 0 Å². The third kappa shape index (κ3) is 8.28. The van der Waals surface area contributed by atoms with Crippen molar-refractivity contribution in [3.05, 3.63) is 144 Å². The number of rotatable bonds is 6. The lowest BCUT2D eigenvalue weighted by molar-refractivity contribution is 0.0869. The Morgan fingerprint density at radius 1 is 0.378 bits per heavy atom. The van der Waals surface area contributed by atoms with Crippen LogP contribution in [-0.4, -0.2) is 35.1 Å². The minimum absolute atomic E-state index is 0.495. The summed E-state index contributed by atoms with van der Waals surface area (Å²) in [6.45, 7) is 2.67. The van der Waals surface area contributed by atoms with E-state index in [4.69, 9.17) is 15.3 Å². The molecule has 0 aliphatic carbocycles. The highest BCUT2D eigenvalue weighted by molar-refractivity contribution is 5.84. The van der Waals surface area contributed by atoms with Gasteiger partial charge < -0.3 is 15.3 Å². The third-order valence-corrected chi connectivity index (χ3v) is 7.94. The Morgan fingerprint density at radius 2 is 0.600 bits per heavy atom. The van der Waals surface area contributed by atoms with Gasteiger partial charge in [-0.3, -0.25) is 0 Å². The van der Waals surface area contributed by atoms with Crippen LogP contribution in [0.2, 0.25) is 0 Å². The molecule has 0 saturated heterocycles. The molecule has 0 aliphatic heterocycles. The maximum absolute atomic E-state index is 13.8. The summed E-state index contributed by atoms with van der Waals surface area (Å²) in [5.74, 6) is 0. The van der Waals surface area contributed by atoms with E-state index in [2.05, 4.69) is 0 Å². The number of alkyl halides is 3. The Bertz CT molecular complexity index is 1650. The molecule has 0 aromatic heterocycles. The zero-order chi connectivity index (χ0) is 32.7. The standard InChI is InChI=1S/3C13H13FO/c3*1-13(14,9-15)12-7-6-10-4-2-3-5-11(10)8-12/h3*2-8,15H,9H2,1H3/t3*13-/m000/s1. The Hall–Kier alpha value is -4.23. The van der Waals surface area contributed by atoms with Gasteiger partial charge in [0.2, 0.25) is 0 Å². The van der Waals surface area contributed by atoms with Crippen molar-refractivity contribution < 1.29 is 28.5 Å². The van der Waals surface area contributed by atoms with Crippen LogP contribution in [0.15, 0.2) is 127 Å². The summed E-state index contributed by atoms with van der Waals surface area (Å²) in [6, 6.07) is 39.5. The molecule has 234 valence electrons. The van der Waals surface area contributed by atoms with Gasteiger partial charge in [0.25, 0.3) is 0 Å². The largest absolute Gasteiger partial charge is 0.393 e. The first-order valence-corrected chi connectivity index (χ1v) is 14.8. The fourth-order valence-corrected chi connectivity index (χ4v) is 4.81. The van der Waals surface area contributed by atoms with E-state index in [1.807, 2.05) is 91.0 Å². The summed E-state index contributed by atoms with van der Waals surface area (Å²) < 4.78 is 41.5. The third-order valence-electron chi connectivity index (χ3n) is 7.94. The van der Waals surface area contributed by atoms with E-state index in [0.717, 1.165) is 32.3 Å². The van der Waals surface area contributed by atoms with Crippen LogP contribution in [0.4, 0.5) is 13.2 Å². The van der Waals surface area contributed by atoms with Crippen LogP contribution < -0.4 is 0 Å². The van der Waals surface area contributed by atoms with E-state index in [1.165, 1.54) is 20.8 Å². The van der Waals surface area contributed by atoms with E-state index in [-0.39, 0.29) is 0 Å². The zero-order valence-corrected chi connectivity index (χ0v) is 25.7. The van der Waals surface area contributed by atoms with Gasteiger partial charge in [-0.2, -0.15) is 0 Å². The van der Waals surface area contributed by atoms with Crippen LogP contribution in [0.5, 0.6) is 0 Å². The van der Waals surface area contributed by atoms with Crippen molar-refractivity contribution in [3.63, 3.8) is 0 Å². The number of hydrogen-bond acceptors (Lipinski definition) is 3. The number of fused-ring (bicyclic) bond motifs is 3. The molecule has 0 spiro atoms. The molecule has 0 aliphatic rings. The van der Waals surface area contributed by atoms with Crippen molar-refractivity contribution >= 4 is 32.3 Å². The van der Waals surface area contributed by atoms with Gasteiger partial charge in [0.05, 0.1) is 19.8 Å². The van der Waals surface area contributed by atoms with Crippen molar-refractivity contribution in [3.8, 4) is 0 Å². The lowest BCUT2D eigenvalue weighted by Gasteiger charge is -2.18. The molecule has 6 heteroatoms. The van der Waals surface area contributed by atoms with E-state index < -0.39 is 36.8 Å². The number of hydrogen-bond donors (Lipinski definition) is 3. The highest BCUT2D eigenvalue weighted by Gasteiger charge is 2.26. The fraction of sp³-hybridized carbons (Fsp3) is 0.231. The average Bonchev–Trinajstić information content (AvgIpc) is 3.08. The highest BCUT2D eigenvalue weighted by Crippen LogP contribution is 2.30. The quantitative estimate of drug-likeness (QED) is 0.176. The van der Waals surface area contributed by atoms with Crippen molar-refractivity contribution in [2.45, 2.75) is 37.8 Å². The van der Waals surface area contributed by atoms with Gasteiger partial charge in [-0.15, -0.1) is 0 Å². The van der Waals surface area contributed by atoms with E-state index in [0.29, 0.717) is 16.7 Å². The van der Waals surface area contributed by atoms with Crippen LogP contribution in [0.25, 0.3) is 32.3 Å². The maximum atomic E-state index is 13.8. The van der Waals surface area contributed by atoms with E-state index in [9.17, 15) is 13.2 Å². The highest BCUT2D eigenvalue weighted by atomic mass is 19.2. The summed E-state index contributed by atoms with van der Waals surface area (Å²) in [5, 5.41) is 33.0. The SMILES string of the molecule is C[C@](F)(CO)c1ccc2ccccc2c1.C[C@](F)(CO)c1ccc2ccccc2c1.C[C@](F)(CO)c1ccc2ccccc2c1. The molecule has 3 N–H and O–H groups in total. The Morgan fingerprint density at radius 3 is 0.822 bits per heavy atom. The van der Waals surface area contributed by atoms with Crippen LogP contribution in [0, 0.1) is 0 Å². The summed E-state index contributed by atoms with van der Waals surface area (Å²) >= 11 is 0. The monoisotopic (exact) mass is 612 g/mol. The molecular formula is C39H39F3O3. The van der Waals surface area contributed by atoms with Crippen LogP contribution in [0.1, 0.15) is 37.5 Å². The predicted molar refractivity (Wildman–Crippen MR) is 178 cm³/mol. The van der Waals surface area contributed by atoms with E-state index in [1.54, 1.807) is 36.4 Å². The molecule has 0 bridgehead atoms. The van der Waals surface area contributed by atoms with Crippen LogP contribution >= 0.6 is 0 Å². The zero-order valence-electron chi connectivity index (χ0n) is 25.7. The molecule has 3 nitrogen and oxygen atoms in total. The fourth-order valence-electron chi connectivity index (χ4n) is 4.81. The number of aliphatic hydroxyl groups is 3.